The number of hydrogen-bond acceptors (Lipinski definition) is 3. The van der Waals surface area contributed by atoms with Crippen LogP contribution in [-0.2, 0) is 0 Å². The van der Waals surface area contributed by atoms with Gasteiger partial charge in [-0.15, -0.1) is 0 Å². The molecular formula is C14H20N2O. The van der Waals surface area contributed by atoms with Crippen molar-refractivity contribution in [3.05, 3.63) is 29.6 Å². The van der Waals surface area contributed by atoms with E-state index in [0.29, 0.717) is 0 Å². The number of aryl methyl sites for hydroxylation is 1. The largest absolute Gasteiger partial charge is 0.305 e. The number of hydrogen-bond donors (Lipinski definition) is 1. The van der Waals surface area contributed by atoms with Crippen LogP contribution in [0.5, 0.6) is 0 Å². The highest BCUT2D eigenvalue weighted by atomic mass is 16.1. The molecule has 1 atom stereocenters. The van der Waals surface area contributed by atoms with Gasteiger partial charge in [0.25, 0.3) is 0 Å². The number of carbonyl (C=O) groups excluding carboxylic acids is 1. The van der Waals surface area contributed by atoms with Crippen LogP contribution in [0.4, 0.5) is 0 Å². The Morgan fingerprint density at radius 3 is 2.94 bits per heavy atom. The first-order valence-corrected chi connectivity index (χ1v) is 6.39. The van der Waals surface area contributed by atoms with Gasteiger partial charge in [-0.1, -0.05) is 13.3 Å². The minimum atomic E-state index is -0.329. The fraction of sp³-hybridized carbons (Fsp3) is 0.571. The van der Waals surface area contributed by atoms with Crippen LogP contribution in [0, 0.1) is 6.92 Å². The molecule has 0 aliphatic carbocycles. The molecule has 1 aromatic heterocycles. The second kappa shape index (κ2) is 4.96. The average molecular weight is 232 g/mol. The zero-order chi connectivity index (χ0) is 12.3. The summed E-state index contributed by atoms with van der Waals surface area (Å²) in [6, 6.07) is 1.94. The molecule has 1 aromatic rings. The first-order valence-electron chi connectivity index (χ1n) is 6.39. The van der Waals surface area contributed by atoms with Crippen molar-refractivity contribution in [1.82, 2.24) is 10.3 Å². The van der Waals surface area contributed by atoms with E-state index in [0.717, 1.165) is 43.4 Å². The van der Waals surface area contributed by atoms with Crippen LogP contribution in [0.2, 0.25) is 0 Å². The number of nitrogens with zero attached hydrogens (tertiary/aromatic N) is 1. The van der Waals surface area contributed by atoms with E-state index in [1.165, 1.54) is 0 Å². The molecule has 1 aliphatic rings. The predicted molar refractivity (Wildman–Crippen MR) is 68.2 cm³/mol. The number of Topliss-reactive ketones (excluding diaryl/α,β-unsaturated/α-hetero) is 1. The first kappa shape index (κ1) is 12.2. The van der Waals surface area contributed by atoms with Crippen molar-refractivity contribution in [3.63, 3.8) is 0 Å². The average Bonchev–Trinajstić information content (AvgIpc) is 2.78. The molecule has 3 heteroatoms. The van der Waals surface area contributed by atoms with Crippen molar-refractivity contribution in [2.75, 3.05) is 6.54 Å². The number of rotatable bonds is 4. The lowest BCUT2D eigenvalue weighted by Crippen LogP contribution is -2.47. The summed E-state index contributed by atoms with van der Waals surface area (Å²) < 4.78 is 0. The molecule has 1 unspecified atom stereocenters. The summed E-state index contributed by atoms with van der Waals surface area (Å²) in [5.41, 5.74) is 1.46. The van der Waals surface area contributed by atoms with Gasteiger partial charge in [-0.3, -0.25) is 9.78 Å². The fourth-order valence-corrected chi connectivity index (χ4v) is 2.71. The first-order chi connectivity index (χ1) is 8.18. The summed E-state index contributed by atoms with van der Waals surface area (Å²) >= 11 is 0. The van der Waals surface area contributed by atoms with E-state index in [2.05, 4.69) is 17.2 Å². The third kappa shape index (κ3) is 2.39. The van der Waals surface area contributed by atoms with Gasteiger partial charge in [0, 0.05) is 18.0 Å². The van der Waals surface area contributed by atoms with Crippen molar-refractivity contribution in [1.29, 1.82) is 0 Å². The van der Waals surface area contributed by atoms with Crippen LogP contribution < -0.4 is 5.32 Å². The predicted octanol–water partition coefficient (Wildman–Crippen LogP) is 2.50. The lowest BCUT2D eigenvalue weighted by molar-refractivity contribution is 0.0857. The second-order valence-corrected chi connectivity index (χ2v) is 4.94. The minimum absolute atomic E-state index is 0.216. The lowest BCUT2D eigenvalue weighted by atomic mass is 9.84. The van der Waals surface area contributed by atoms with E-state index >= 15 is 0 Å². The maximum Gasteiger partial charge on any atom is 0.184 e. The van der Waals surface area contributed by atoms with Gasteiger partial charge in [0.05, 0.1) is 5.54 Å². The molecule has 1 fully saturated rings. The molecule has 2 rings (SSSR count). The molecule has 2 heterocycles. The van der Waals surface area contributed by atoms with Crippen LogP contribution in [0.3, 0.4) is 0 Å². The van der Waals surface area contributed by atoms with Crippen molar-refractivity contribution in [2.24, 2.45) is 0 Å². The van der Waals surface area contributed by atoms with Gasteiger partial charge in [0.15, 0.2) is 5.78 Å². The Morgan fingerprint density at radius 1 is 1.53 bits per heavy atom. The molecule has 1 saturated heterocycles. The Kier molecular flexibility index (Phi) is 3.57. The van der Waals surface area contributed by atoms with E-state index in [9.17, 15) is 4.79 Å². The topological polar surface area (TPSA) is 42.0 Å². The second-order valence-electron chi connectivity index (χ2n) is 4.94. The third-order valence-electron chi connectivity index (χ3n) is 3.49. The highest BCUT2D eigenvalue weighted by molar-refractivity contribution is 6.03. The summed E-state index contributed by atoms with van der Waals surface area (Å²) in [5, 5.41) is 3.41. The lowest BCUT2D eigenvalue weighted by Gasteiger charge is -2.27. The molecule has 0 saturated carbocycles. The van der Waals surface area contributed by atoms with Crippen LogP contribution >= 0.6 is 0 Å². The summed E-state index contributed by atoms with van der Waals surface area (Å²) in [7, 11) is 0. The van der Waals surface area contributed by atoms with E-state index in [1.54, 1.807) is 12.4 Å². The minimum Gasteiger partial charge on any atom is -0.305 e. The molecule has 3 nitrogen and oxygen atoms in total. The molecule has 0 aromatic carbocycles. The SMILES string of the molecule is CCCC1(C(=O)c2cncc(C)c2)CCCN1. The number of carbonyl (C=O) groups is 1. The maximum absolute atomic E-state index is 12.6. The molecule has 92 valence electrons. The van der Waals surface area contributed by atoms with Crippen LogP contribution in [0.15, 0.2) is 18.5 Å². The molecule has 1 aliphatic heterocycles. The van der Waals surface area contributed by atoms with Crippen LogP contribution in [-0.4, -0.2) is 22.9 Å². The van der Waals surface area contributed by atoms with Gasteiger partial charge in [0.1, 0.15) is 0 Å². The van der Waals surface area contributed by atoms with Crippen molar-refractivity contribution in [3.8, 4) is 0 Å². The maximum atomic E-state index is 12.6. The standard InChI is InChI=1S/C14H20N2O/c1-3-5-14(6-4-7-16-14)13(17)12-8-11(2)9-15-10-12/h8-10,16H,3-7H2,1-2H3. The normalized spacial score (nSPS) is 23.9. The zero-order valence-electron chi connectivity index (χ0n) is 10.6. The van der Waals surface area contributed by atoms with Gasteiger partial charge >= 0.3 is 0 Å². The van der Waals surface area contributed by atoms with Gasteiger partial charge in [0.2, 0.25) is 0 Å². The van der Waals surface area contributed by atoms with Gasteiger partial charge in [-0.2, -0.15) is 0 Å². The third-order valence-corrected chi connectivity index (χ3v) is 3.49. The summed E-state index contributed by atoms with van der Waals surface area (Å²) in [4.78, 5) is 16.7. The van der Waals surface area contributed by atoms with Crippen LogP contribution in [0.25, 0.3) is 0 Å². The van der Waals surface area contributed by atoms with E-state index in [1.807, 2.05) is 13.0 Å². The van der Waals surface area contributed by atoms with E-state index in [-0.39, 0.29) is 11.3 Å². The quantitative estimate of drug-likeness (QED) is 0.811. The fourth-order valence-electron chi connectivity index (χ4n) is 2.71. The molecule has 1 N–H and O–H groups in total. The Labute approximate surface area is 103 Å². The Balaban J connectivity index is 2.28. The molecule has 0 radical (unpaired) electrons. The number of nitrogens with one attached hydrogen (secondary N) is 1. The summed E-state index contributed by atoms with van der Waals surface area (Å²) in [5.74, 6) is 0.216. The highest BCUT2D eigenvalue weighted by Gasteiger charge is 2.40. The van der Waals surface area contributed by atoms with E-state index in [4.69, 9.17) is 0 Å². The molecule has 0 bridgehead atoms. The molecular weight excluding hydrogens is 212 g/mol. The smallest absolute Gasteiger partial charge is 0.184 e. The number of aromatic nitrogens is 1. The number of ketones is 1. The van der Waals surface area contributed by atoms with Crippen molar-refractivity contribution < 1.29 is 4.79 Å². The van der Waals surface area contributed by atoms with E-state index < -0.39 is 0 Å². The van der Waals surface area contributed by atoms with Gasteiger partial charge < -0.3 is 5.32 Å². The molecule has 0 spiro atoms. The summed E-state index contributed by atoms with van der Waals surface area (Å²) in [6.07, 6.45) is 7.45. The molecule has 0 amide bonds. The van der Waals surface area contributed by atoms with Gasteiger partial charge in [-0.05, 0) is 44.4 Å². The zero-order valence-corrected chi connectivity index (χ0v) is 10.6. The highest BCUT2D eigenvalue weighted by Crippen LogP contribution is 2.28. The van der Waals surface area contributed by atoms with Crippen molar-refractivity contribution >= 4 is 5.78 Å². The Bertz CT molecular complexity index is 408. The Morgan fingerprint density at radius 2 is 2.35 bits per heavy atom. The van der Waals surface area contributed by atoms with Crippen LogP contribution in [0.1, 0.15) is 48.5 Å². The Hall–Kier alpha value is -1.22. The summed E-state index contributed by atoms with van der Waals surface area (Å²) in [6.45, 7) is 5.05. The molecule has 17 heavy (non-hydrogen) atoms. The van der Waals surface area contributed by atoms with Gasteiger partial charge in [-0.25, -0.2) is 0 Å². The number of pyridine rings is 1. The van der Waals surface area contributed by atoms with Crippen molar-refractivity contribution in [2.45, 2.75) is 45.1 Å². The monoisotopic (exact) mass is 232 g/mol.